The van der Waals surface area contributed by atoms with Gasteiger partial charge >= 0.3 is 0 Å². The molecule has 0 aromatic heterocycles. The first-order valence-corrected chi connectivity index (χ1v) is 7.11. The topological polar surface area (TPSA) is 21.3 Å². The average molecular weight is 247 g/mol. The maximum Gasteiger partial charge on any atom is 0.124 e. The third-order valence-corrected chi connectivity index (χ3v) is 4.01. The summed E-state index contributed by atoms with van der Waals surface area (Å²) in [6.07, 6.45) is 5.43. The lowest BCUT2D eigenvalue weighted by molar-refractivity contribution is 0.248. The molecule has 1 saturated carbocycles. The molecule has 2 rings (SSSR count). The Hall–Kier alpha value is -1.02. The first kappa shape index (κ1) is 13.4. The zero-order valence-corrected chi connectivity index (χ0v) is 11.8. The predicted octanol–water partition coefficient (Wildman–Crippen LogP) is 3.84. The van der Waals surface area contributed by atoms with Crippen molar-refractivity contribution in [2.45, 2.75) is 45.6 Å². The van der Waals surface area contributed by atoms with E-state index >= 15 is 0 Å². The van der Waals surface area contributed by atoms with Gasteiger partial charge < -0.3 is 10.1 Å². The van der Waals surface area contributed by atoms with Crippen molar-refractivity contribution < 1.29 is 4.74 Å². The maximum absolute atomic E-state index is 6.06. The summed E-state index contributed by atoms with van der Waals surface area (Å²) in [5.41, 5.74) is 2.57. The molecule has 18 heavy (non-hydrogen) atoms. The van der Waals surface area contributed by atoms with E-state index in [0.717, 1.165) is 18.3 Å². The summed E-state index contributed by atoms with van der Waals surface area (Å²) in [6.45, 7) is 5.19. The summed E-state index contributed by atoms with van der Waals surface area (Å²) in [4.78, 5) is 0. The van der Waals surface area contributed by atoms with Gasteiger partial charge in [0.05, 0.1) is 6.61 Å². The fourth-order valence-corrected chi connectivity index (χ4v) is 2.68. The van der Waals surface area contributed by atoms with Gasteiger partial charge in [-0.25, -0.2) is 0 Å². The highest BCUT2D eigenvalue weighted by Gasteiger charge is 2.17. The van der Waals surface area contributed by atoms with Crippen LogP contribution in [0.3, 0.4) is 0 Å². The molecule has 2 nitrogen and oxygen atoms in total. The van der Waals surface area contributed by atoms with Crippen molar-refractivity contribution in [3.05, 3.63) is 29.3 Å². The van der Waals surface area contributed by atoms with E-state index in [1.807, 2.05) is 7.05 Å². The van der Waals surface area contributed by atoms with Crippen LogP contribution in [0.1, 0.15) is 49.8 Å². The molecule has 1 fully saturated rings. The lowest BCUT2D eigenvalue weighted by Crippen LogP contribution is -2.15. The lowest BCUT2D eigenvalue weighted by atomic mass is 10.0. The van der Waals surface area contributed by atoms with Gasteiger partial charge in [0.15, 0.2) is 0 Å². The molecule has 100 valence electrons. The van der Waals surface area contributed by atoms with Gasteiger partial charge in [0.1, 0.15) is 5.75 Å². The van der Waals surface area contributed by atoms with Crippen molar-refractivity contribution >= 4 is 0 Å². The first-order chi connectivity index (χ1) is 8.70. The highest BCUT2D eigenvalue weighted by molar-refractivity contribution is 5.38. The Bertz CT molecular complexity index is 383. The predicted molar refractivity (Wildman–Crippen MR) is 76.1 cm³/mol. The van der Waals surface area contributed by atoms with Crippen molar-refractivity contribution in [1.82, 2.24) is 5.32 Å². The standard InChI is InChI=1S/C16H25NO/c1-12-8-9-16(15(10-12)13(2)17-3)18-11-14-6-4-5-7-14/h8-10,13-14,17H,4-7,11H2,1-3H3. The molecule has 1 aliphatic rings. The Kier molecular flexibility index (Phi) is 4.65. The Balaban J connectivity index is 2.05. The van der Waals surface area contributed by atoms with Gasteiger partial charge in [0, 0.05) is 11.6 Å². The minimum Gasteiger partial charge on any atom is -0.493 e. The summed E-state index contributed by atoms with van der Waals surface area (Å²) >= 11 is 0. The van der Waals surface area contributed by atoms with E-state index in [1.54, 1.807) is 0 Å². The maximum atomic E-state index is 6.06. The van der Waals surface area contributed by atoms with Crippen LogP contribution < -0.4 is 10.1 Å². The number of aryl methyl sites for hydroxylation is 1. The number of rotatable bonds is 5. The van der Waals surface area contributed by atoms with Crippen molar-refractivity contribution in [1.29, 1.82) is 0 Å². The Morgan fingerprint density at radius 1 is 1.33 bits per heavy atom. The van der Waals surface area contributed by atoms with Gasteiger partial charge in [0.25, 0.3) is 0 Å². The molecule has 0 bridgehead atoms. The Labute approximate surface area is 111 Å². The van der Waals surface area contributed by atoms with Crippen molar-refractivity contribution in [2.75, 3.05) is 13.7 Å². The summed E-state index contributed by atoms with van der Waals surface area (Å²) in [5, 5.41) is 3.30. The zero-order valence-electron chi connectivity index (χ0n) is 11.8. The van der Waals surface area contributed by atoms with E-state index in [1.165, 1.54) is 36.8 Å². The van der Waals surface area contributed by atoms with Gasteiger partial charge in [-0.05, 0) is 45.7 Å². The van der Waals surface area contributed by atoms with E-state index in [9.17, 15) is 0 Å². The molecule has 0 spiro atoms. The molecular formula is C16H25NO. The second-order valence-corrected chi connectivity index (χ2v) is 5.51. The molecule has 1 aromatic carbocycles. The van der Waals surface area contributed by atoms with Crippen molar-refractivity contribution in [2.24, 2.45) is 5.92 Å². The van der Waals surface area contributed by atoms with Crippen molar-refractivity contribution in [3.8, 4) is 5.75 Å². The third kappa shape index (κ3) is 3.26. The molecule has 2 heteroatoms. The molecule has 0 radical (unpaired) electrons. The van der Waals surface area contributed by atoms with Crippen LogP contribution >= 0.6 is 0 Å². The van der Waals surface area contributed by atoms with Crippen molar-refractivity contribution in [3.63, 3.8) is 0 Å². The second-order valence-electron chi connectivity index (χ2n) is 5.51. The molecule has 0 heterocycles. The van der Waals surface area contributed by atoms with Crippen LogP contribution in [0, 0.1) is 12.8 Å². The fourth-order valence-electron chi connectivity index (χ4n) is 2.68. The van der Waals surface area contributed by atoms with Crippen LogP contribution in [-0.4, -0.2) is 13.7 Å². The van der Waals surface area contributed by atoms with Gasteiger partial charge in [-0.15, -0.1) is 0 Å². The van der Waals surface area contributed by atoms with E-state index in [0.29, 0.717) is 6.04 Å². The quantitative estimate of drug-likeness (QED) is 0.853. The molecule has 0 amide bonds. The SMILES string of the molecule is CNC(C)c1cc(C)ccc1OCC1CCCC1. The lowest BCUT2D eigenvalue weighted by Gasteiger charge is -2.19. The summed E-state index contributed by atoms with van der Waals surface area (Å²) in [6, 6.07) is 6.82. The third-order valence-electron chi connectivity index (χ3n) is 4.01. The van der Waals surface area contributed by atoms with Crippen LogP contribution in [-0.2, 0) is 0 Å². The summed E-state index contributed by atoms with van der Waals surface area (Å²) < 4.78 is 6.06. The number of ether oxygens (including phenoxy) is 1. The Morgan fingerprint density at radius 3 is 2.72 bits per heavy atom. The van der Waals surface area contributed by atoms with Crippen LogP contribution in [0.4, 0.5) is 0 Å². The second kappa shape index (κ2) is 6.24. The first-order valence-electron chi connectivity index (χ1n) is 7.11. The minimum atomic E-state index is 0.337. The van der Waals surface area contributed by atoms with Gasteiger partial charge in [-0.1, -0.05) is 30.5 Å². The van der Waals surface area contributed by atoms with Gasteiger partial charge in [-0.3, -0.25) is 0 Å². The van der Waals surface area contributed by atoms with Crippen LogP contribution in [0.25, 0.3) is 0 Å². The normalized spacial score (nSPS) is 17.9. The molecule has 1 aliphatic carbocycles. The highest BCUT2D eigenvalue weighted by Crippen LogP contribution is 2.29. The molecule has 0 saturated heterocycles. The smallest absolute Gasteiger partial charge is 0.124 e. The molecule has 1 aromatic rings. The number of hydrogen-bond acceptors (Lipinski definition) is 2. The zero-order chi connectivity index (χ0) is 13.0. The molecule has 1 unspecified atom stereocenters. The summed E-state index contributed by atoms with van der Waals surface area (Å²) in [7, 11) is 1.99. The monoisotopic (exact) mass is 247 g/mol. The van der Waals surface area contributed by atoms with Crippen LogP contribution in [0.2, 0.25) is 0 Å². The van der Waals surface area contributed by atoms with Gasteiger partial charge in [0.2, 0.25) is 0 Å². The van der Waals surface area contributed by atoms with E-state index in [4.69, 9.17) is 4.74 Å². The molecular weight excluding hydrogens is 222 g/mol. The molecule has 1 atom stereocenters. The van der Waals surface area contributed by atoms with Crippen LogP contribution in [0.15, 0.2) is 18.2 Å². The van der Waals surface area contributed by atoms with E-state index in [-0.39, 0.29) is 0 Å². The number of nitrogens with one attached hydrogen (secondary N) is 1. The molecule has 1 N–H and O–H groups in total. The number of hydrogen-bond donors (Lipinski definition) is 1. The molecule has 0 aliphatic heterocycles. The largest absolute Gasteiger partial charge is 0.493 e. The number of benzene rings is 1. The average Bonchev–Trinajstić information content (AvgIpc) is 2.89. The Morgan fingerprint density at radius 2 is 2.06 bits per heavy atom. The van der Waals surface area contributed by atoms with E-state index < -0.39 is 0 Å². The van der Waals surface area contributed by atoms with Crippen LogP contribution in [0.5, 0.6) is 5.75 Å². The van der Waals surface area contributed by atoms with E-state index in [2.05, 4.69) is 37.4 Å². The fraction of sp³-hybridized carbons (Fsp3) is 0.625. The van der Waals surface area contributed by atoms with Gasteiger partial charge in [-0.2, -0.15) is 0 Å². The minimum absolute atomic E-state index is 0.337. The summed E-state index contributed by atoms with van der Waals surface area (Å²) in [5.74, 6) is 1.82. The highest BCUT2D eigenvalue weighted by atomic mass is 16.5.